The van der Waals surface area contributed by atoms with Crippen LogP contribution in [0.15, 0.2) is 16.7 Å². The van der Waals surface area contributed by atoms with Crippen molar-refractivity contribution in [3.8, 4) is 0 Å². The molecule has 108 valence electrons. The van der Waals surface area contributed by atoms with Crippen LogP contribution in [0.5, 0.6) is 0 Å². The van der Waals surface area contributed by atoms with Crippen molar-refractivity contribution in [3.05, 3.63) is 29.4 Å². The second kappa shape index (κ2) is 5.46. The van der Waals surface area contributed by atoms with Gasteiger partial charge in [0.15, 0.2) is 0 Å². The van der Waals surface area contributed by atoms with Gasteiger partial charge in [-0.3, -0.25) is 0 Å². The molecule has 0 bridgehead atoms. The minimum absolute atomic E-state index is 0.159. The number of nitrogen functional groups attached to an aromatic ring is 1. The molecule has 0 aromatic carbocycles. The Labute approximate surface area is 117 Å². The van der Waals surface area contributed by atoms with E-state index in [2.05, 4.69) is 25.9 Å². The third kappa shape index (κ3) is 3.45. The van der Waals surface area contributed by atoms with E-state index in [0.29, 0.717) is 24.0 Å². The van der Waals surface area contributed by atoms with E-state index in [-0.39, 0.29) is 5.41 Å². The minimum atomic E-state index is -0.159. The summed E-state index contributed by atoms with van der Waals surface area (Å²) in [6, 6.07) is 3.63. The zero-order chi connectivity index (χ0) is 14.8. The highest BCUT2D eigenvalue weighted by Crippen LogP contribution is 2.22. The predicted molar refractivity (Wildman–Crippen MR) is 77.1 cm³/mol. The highest BCUT2D eigenvalue weighted by Gasteiger charge is 2.19. The van der Waals surface area contributed by atoms with Crippen molar-refractivity contribution in [1.82, 2.24) is 15.1 Å². The third-order valence-electron chi connectivity index (χ3n) is 2.67. The molecule has 0 aliphatic heterocycles. The molecule has 0 fully saturated rings. The van der Waals surface area contributed by atoms with Crippen molar-refractivity contribution in [2.45, 2.75) is 39.7 Å². The monoisotopic (exact) mass is 276 g/mol. The van der Waals surface area contributed by atoms with Crippen molar-refractivity contribution in [3.63, 3.8) is 0 Å². The predicted octanol–water partition coefficient (Wildman–Crippen LogP) is 1.97. The van der Waals surface area contributed by atoms with E-state index in [1.807, 2.05) is 33.8 Å². The largest absolute Gasteiger partial charge is 0.364 e. The van der Waals surface area contributed by atoms with Crippen LogP contribution in [0.1, 0.15) is 38.0 Å². The number of hydrogen-bond donors (Lipinski definition) is 3. The number of aromatic nitrogens is 3. The Morgan fingerprint density at radius 2 is 1.90 bits per heavy atom. The zero-order valence-corrected chi connectivity index (χ0v) is 12.2. The molecule has 2 aromatic rings. The number of anilines is 2. The number of hydrogen-bond acceptors (Lipinski definition) is 7. The lowest BCUT2D eigenvalue weighted by atomic mass is 9.96. The van der Waals surface area contributed by atoms with Gasteiger partial charge in [0.2, 0.25) is 0 Å². The molecular weight excluding hydrogens is 256 g/mol. The summed E-state index contributed by atoms with van der Waals surface area (Å²) in [7, 11) is 0. The Kier molecular flexibility index (Phi) is 3.89. The molecule has 0 spiro atoms. The van der Waals surface area contributed by atoms with Gasteiger partial charge in [0.05, 0.1) is 6.54 Å². The lowest BCUT2D eigenvalue weighted by Gasteiger charge is -2.18. The van der Waals surface area contributed by atoms with Gasteiger partial charge in [0, 0.05) is 17.5 Å². The van der Waals surface area contributed by atoms with Crippen LogP contribution in [0.25, 0.3) is 0 Å². The number of nitrogens with zero attached hydrogens (tertiary/aromatic N) is 3. The zero-order valence-electron chi connectivity index (χ0n) is 12.2. The van der Waals surface area contributed by atoms with Crippen LogP contribution >= 0.6 is 0 Å². The Morgan fingerprint density at radius 1 is 1.20 bits per heavy atom. The molecule has 2 aromatic heterocycles. The molecule has 0 amide bonds. The van der Waals surface area contributed by atoms with Gasteiger partial charge >= 0.3 is 0 Å². The summed E-state index contributed by atoms with van der Waals surface area (Å²) < 4.78 is 5.02. The van der Waals surface area contributed by atoms with Crippen molar-refractivity contribution in [1.29, 1.82) is 0 Å². The summed E-state index contributed by atoms with van der Waals surface area (Å²) in [4.78, 5) is 8.86. The molecule has 20 heavy (non-hydrogen) atoms. The number of aryl methyl sites for hydroxylation is 1. The van der Waals surface area contributed by atoms with Gasteiger partial charge in [0.25, 0.3) is 0 Å². The average Bonchev–Trinajstić information content (AvgIpc) is 2.81. The van der Waals surface area contributed by atoms with E-state index in [1.165, 1.54) is 0 Å². The van der Waals surface area contributed by atoms with E-state index >= 15 is 0 Å². The van der Waals surface area contributed by atoms with Crippen molar-refractivity contribution < 1.29 is 4.52 Å². The van der Waals surface area contributed by atoms with Gasteiger partial charge < -0.3 is 15.3 Å². The molecule has 0 unspecified atom stereocenters. The fourth-order valence-electron chi connectivity index (χ4n) is 1.63. The van der Waals surface area contributed by atoms with Crippen molar-refractivity contribution in [2.24, 2.45) is 5.84 Å². The molecule has 0 aliphatic carbocycles. The summed E-state index contributed by atoms with van der Waals surface area (Å²) in [6.45, 7) is 8.53. The summed E-state index contributed by atoms with van der Waals surface area (Å²) in [5.41, 5.74) is 3.22. The number of nitrogens with one attached hydrogen (secondary N) is 2. The first-order chi connectivity index (χ1) is 9.38. The fraction of sp³-hybridized carbons (Fsp3) is 0.462. The Balaban J connectivity index is 2.18. The first kappa shape index (κ1) is 14.3. The second-order valence-electron chi connectivity index (χ2n) is 5.64. The summed E-state index contributed by atoms with van der Waals surface area (Å²) in [5.74, 6) is 8.21. The van der Waals surface area contributed by atoms with Crippen LogP contribution in [-0.2, 0) is 12.0 Å². The average molecular weight is 276 g/mol. The molecule has 7 nitrogen and oxygen atoms in total. The lowest BCUT2D eigenvalue weighted by Crippen LogP contribution is -2.20. The van der Waals surface area contributed by atoms with E-state index in [1.54, 1.807) is 6.07 Å². The van der Waals surface area contributed by atoms with E-state index in [0.717, 1.165) is 11.5 Å². The Morgan fingerprint density at radius 3 is 2.45 bits per heavy atom. The smallest absolute Gasteiger partial charge is 0.145 e. The van der Waals surface area contributed by atoms with Gasteiger partial charge in [0.1, 0.15) is 28.9 Å². The second-order valence-corrected chi connectivity index (χ2v) is 5.64. The summed E-state index contributed by atoms with van der Waals surface area (Å²) in [6.07, 6.45) is 0. The molecule has 2 heterocycles. The number of rotatable bonds is 4. The SMILES string of the molecule is Cc1cc(CNc2cc(NN)nc(C(C)(C)C)n2)no1. The highest BCUT2D eigenvalue weighted by atomic mass is 16.5. The molecule has 4 N–H and O–H groups in total. The molecule has 7 heteroatoms. The van der Waals surface area contributed by atoms with Crippen molar-refractivity contribution in [2.75, 3.05) is 10.7 Å². The fourth-order valence-corrected chi connectivity index (χ4v) is 1.63. The van der Waals surface area contributed by atoms with E-state index < -0.39 is 0 Å². The standard InChI is InChI=1S/C13H20N6O/c1-8-5-9(19-20-8)7-15-10-6-11(18-14)17-12(16-10)13(2,3)4/h5-6H,7,14H2,1-4H3,(H2,15,16,17,18). The maximum absolute atomic E-state index is 5.45. The van der Waals surface area contributed by atoms with Crippen LogP contribution in [0, 0.1) is 6.92 Å². The number of nitrogens with two attached hydrogens (primary N) is 1. The molecule has 0 radical (unpaired) electrons. The van der Waals surface area contributed by atoms with Crippen LogP contribution in [0.2, 0.25) is 0 Å². The van der Waals surface area contributed by atoms with Crippen molar-refractivity contribution >= 4 is 11.6 Å². The molecule has 2 rings (SSSR count). The summed E-state index contributed by atoms with van der Waals surface area (Å²) >= 11 is 0. The molecular formula is C13H20N6O. The summed E-state index contributed by atoms with van der Waals surface area (Å²) in [5, 5.41) is 7.12. The molecule has 0 atom stereocenters. The van der Waals surface area contributed by atoms with E-state index in [9.17, 15) is 0 Å². The van der Waals surface area contributed by atoms with Gasteiger partial charge in [-0.05, 0) is 6.92 Å². The third-order valence-corrected chi connectivity index (χ3v) is 2.67. The van der Waals surface area contributed by atoms with Crippen LogP contribution in [0.3, 0.4) is 0 Å². The lowest BCUT2D eigenvalue weighted by molar-refractivity contribution is 0.391. The van der Waals surface area contributed by atoms with Gasteiger partial charge in [-0.2, -0.15) is 0 Å². The van der Waals surface area contributed by atoms with Crippen LogP contribution < -0.4 is 16.6 Å². The minimum Gasteiger partial charge on any atom is -0.364 e. The first-order valence-electron chi connectivity index (χ1n) is 6.41. The van der Waals surface area contributed by atoms with Crippen LogP contribution in [0.4, 0.5) is 11.6 Å². The van der Waals surface area contributed by atoms with E-state index in [4.69, 9.17) is 10.4 Å². The highest BCUT2D eigenvalue weighted by molar-refractivity contribution is 5.47. The Bertz CT molecular complexity index is 587. The normalized spacial score (nSPS) is 11.4. The topological polar surface area (TPSA) is 102 Å². The maximum Gasteiger partial charge on any atom is 0.145 e. The molecule has 0 aliphatic rings. The van der Waals surface area contributed by atoms with Crippen LogP contribution in [-0.4, -0.2) is 15.1 Å². The Hall–Kier alpha value is -2.15. The quantitative estimate of drug-likeness (QED) is 0.579. The van der Waals surface area contributed by atoms with Gasteiger partial charge in [-0.25, -0.2) is 15.8 Å². The first-order valence-corrected chi connectivity index (χ1v) is 6.41. The van der Waals surface area contributed by atoms with Gasteiger partial charge in [-0.15, -0.1) is 0 Å². The number of hydrazine groups is 1. The molecule has 0 saturated carbocycles. The van der Waals surface area contributed by atoms with Gasteiger partial charge in [-0.1, -0.05) is 25.9 Å². The molecule has 0 saturated heterocycles. The maximum atomic E-state index is 5.45.